The zero-order chi connectivity index (χ0) is 14.7. The first-order chi connectivity index (χ1) is 10.2. The molecule has 0 amide bonds. The predicted octanol–water partition coefficient (Wildman–Crippen LogP) is 3.64. The van der Waals surface area contributed by atoms with Crippen molar-refractivity contribution in [2.75, 3.05) is 19.6 Å². The monoisotopic (exact) mass is 365 g/mol. The second-order valence-corrected chi connectivity index (χ2v) is 6.53. The van der Waals surface area contributed by atoms with Crippen LogP contribution in [0.3, 0.4) is 0 Å². The van der Waals surface area contributed by atoms with Crippen LogP contribution < -0.4 is 5.32 Å². The average Bonchev–Trinajstić information content (AvgIpc) is 2.52. The zero-order valence-electron chi connectivity index (χ0n) is 11.6. The Kier molecular flexibility index (Phi) is 4.91. The first-order valence-corrected chi connectivity index (χ1v) is 8.20. The summed E-state index contributed by atoms with van der Waals surface area (Å²) in [5.41, 5.74) is 2.45. The van der Waals surface area contributed by atoms with E-state index in [0.717, 1.165) is 41.2 Å². The fourth-order valence-electron chi connectivity index (χ4n) is 2.73. The number of rotatable bonds is 3. The van der Waals surface area contributed by atoms with Crippen molar-refractivity contribution in [1.82, 2.24) is 15.2 Å². The van der Waals surface area contributed by atoms with Gasteiger partial charge in [-0.05, 0) is 41.5 Å². The molecule has 1 aliphatic heterocycles. The van der Waals surface area contributed by atoms with Gasteiger partial charge < -0.3 is 5.32 Å². The third kappa shape index (κ3) is 3.64. The Balaban J connectivity index is 1.83. The van der Waals surface area contributed by atoms with Crippen LogP contribution in [0.5, 0.6) is 0 Å². The van der Waals surface area contributed by atoms with E-state index in [1.54, 1.807) is 0 Å². The van der Waals surface area contributed by atoms with Gasteiger partial charge in [0.15, 0.2) is 0 Å². The molecule has 3 nitrogen and oxygen atoms in total. The lowest BCUT2D eigenvalue weighted by molar-refractivity contribution is 0.153. The van der Waals surface area contributed by atoms with Crippen molar-refractivity contribution in [1.29, 1.82) is 0 Å². The smallest absolute Gasteiger partial charge is 0.0477 e. The highest BCUT2D eigenvalue weighted by atomic mass is 79.9. The first kappa shape index (κ1) is 15.0. The number of benzene rings is 1. The van der Waals surface area contributed by atoms with Gasteiger partial charge in [0.05, 0.1) is 0 Å². The van der Waals surface area contributed by atoms with E-state index in [-0.39, 0.29) is 0 Å². The molecule has 3 rings (SSSR count). The van der Waals surface area contributed by atoms with Crippen molar-refractivity contribution in [2.24, 2.45) is 0 Å². The lowest BCUT2D eigenvalue weighted by Gasteiger charge is -2.36. The maximum Gasteiger partial charge on any atom is 0.0477 e. The van der Waals surface area contributed by atoms with Gasteiger partial charge in [0.1, 0.15) is 0 Å². The SMILES string of the molecule is Clc1ccc(Br)cc1CN1CCNCC1c1ccncc1. The Hall–Kier alpha value is -0.940. The fraction of sp³-hybridized carbons (Fsp3) is 0.312. The van der Waals surface area contributed by atoms with E-state index in [1.807, 2.05) is 24.5 Å². The van der Waals surface area contributed by atoms with Gasteiger partial charge >= 0.3 is 0 Å². The van der Waals surface area contributed by atoms with Crippen molar-refractivity contribution < 1.29 is 0 Å². The number of nitrogens with one attached hydrogen (secondary N) is 1. The third-order valence-electron chi connectivity index (χ3n) is 3.83. The summed E-state index contributed by atoms with van der Waals surface area (Å²) >= 11 is 9.86. The molecule has 0 aliphatic carbocycles. The van der Waals surface area contributed by atoms with Crippen molar-refractivity contribution in [2.45, 2.75) is 12.6 Å². The Bertz CT molecular complexity index is 606. The van der Waals surface area contributed by atoms with Crippen LogP contribution in [0.1, 0.15) is 17.2 Å². The largest absolute Gasteiger partial charge is 0.314 e. The molecule has 0 radical (unpaired) electrons. The Morgan fingerprint density at radius 3 is 2.90 bits per heavy atom. The van der Waals surface area contributed by atoms with Crippen LogP contribution >= 0.6 is 27.5 Å². The lowest BCUT2D eigenvalue weighted by Crippen LogP contribution is -2.45. The highest BCUT2D eigenvalue weighted by Crippen LogP contribution is 2.27. The standard InChI is InChI=1S/C16H17BrClN3/c17-14-1-2-15(18)13(9-14)11-21-8-7-20-10-16(21)12-3-5-19-6-4-12/h1-6,9,16,20H,7-8,10-11H2. The van der Waals surface area contributed by atoms with E-state index in [1.165, 1.54) is 5.56 Å². The minimum Gasteiger partial charge on any atom is -0.314 e. The number of aromatic nitrogens is 1. The van der Waals surface area contributed by atoms with E-state index >= 15 is 0 Å². The molecule has 110 valence electrons. The van der Waals surface area contributed by atoms with Crippen molar-refractivity contribution in [3.63, 3.8) is 0 Å². The maximum absolute atomic E-state index is 6.34. The number of hydrogen-bond acceptors (Lipinski definition) is 3. The van der Waals surface area contributed by atoms with Gasteiger partial charge in [0, 0.05) is 54.1 Å². The van der Waals surface area contributed by atoms with Crippen LogP contribution in [0.25, 0.3) is 0 Å². The summed E-state index contributed by atoms with van der Waals surface area (Å²) < 4.78 is 1.07. The summed E-state index contributed by atoms with van der Waals surface area (Å²) in [4.78, 5) is 6.58. The Morgan fingerprint density at radius 1 is 1.29 bits per heavy atom. The summed E-state index contributed by atoms with van der Waals surface area (Å²) in [6.45, 7) is 3.83. The normalized spacial score (nSPS) is 19.6. The minimum absolute atomic E-state index is 0.358. The predicted molar refractivity (Wildman–Crippen MR) is 89.4 cm³/mol. The van der Waals surface area contributed by atoms with Gasteiger partial charge in [-0.25, -0.2) is 0 Å². The lowest BCUT2D eigenvalue weighted by atomic mass is 10.0. The molecule has 1 fully saturated rings. The van der Waals surface area contributed by atoms with Gasteiger partial charge in [-0.2, -0.15) is 0 Å². The fourth-order valence-corrected chi connectivity index (χ4v) is 3.32. The molecule has 1 unspecified atom stereocenters. The van der Waals surface area contributed by atoms with Crippen molar-refractivity contribution in [3.05, 3.63) is 63.3 Å². The molecule has 2 aromatic rings. The van der Waals surface area contributed by atoms with Crippen LogP contribution in [-0.2, 0) is 6.54 Å². The molecule has 1 atom stereocenters. The van der Waals surface area contributed by atoms with E-state index in [4.69, 9.17) is 11.6 Å². The van der Waals surface area contributed by atoms with Crippen molar-refractivity contribution in [3.8, 4) is 0 Å². The molecule has 1 aromatic carbocycles. The van der Waals surface area contributed by atoms with Crippen LogP contribution in [0.15, 0.2) is 47.2 Å². The molecule has 1 saturated heterocycles. The van der Waals surface area contributed by atoms with E-state index < -0.39 is 0 Å². The first-order valence-electron chi connectivity index (χ1n) is 7.02. The molecule has 1 aliphatic rings. The topological polar surface area (TPSA) is 28.2 Å². The second kappa shape index (κ2) is 6.88. The van der Waals surface area contributed by atoms with Gasteiger partial charge in [-0.3, -0.25) is 9.88 Å². The van der Waals surface area contributed by atoms with Gasteiger partial charge in [0.25, 0.3) is 0 Å². The minimum atomic E-state index is 0.358. The Labute approximate surface area is 138 Å². The quantitative estimate of drug-likeness (QED) is 0.899. The molecule has 1 aromatic heterocycles. The van der Waals surface area contributed by atoms with Crippen molar-refractivity contribution >= 4 is 27.5 Å². The molecular formula is C16H17BrClN3. The molecule has 0 spiro atoms. The summed E-state index contributed by atoms with van der Waals surface area (Å²) in [5, 5.41) is 4.30. The maximum atomic E-state index is 6.34. The number of hydrogen-bond donors (Lipinski definition) is 1. The van der Waals surface area contributed by atoms with E-state index in [2.05, 4.69) is 49.3 Å². The number of piperazine rings is 1. The summed E-state index contributed by atoms with van der Waals surface area (Å²) in [7, 11) is 0. The van der Waals surface area contributed by atoms with E-state index in [0.29, 0.717) is 6.04 Å². The number of pyridine rings is 1. The zero-order valence-corrected chi connectivity index (χ0v) is 13.9. The summed E-state index contributed by atoms with van der Waals surface area (Å²) in [6, 6.07) is 10.6. The van der Waals surface area contributed by atoms with Crippen LogP contribution in [0, 0.1) is 0 Å². The molecule has 5 heteroatoms. The highest BCUT2D eigenvalue weighted by molar-refractivity contribution is 9.10. The van der Waals surface area contributed by atoms with Crippen LogP contribution in [0.2, 0.25) is 5.02 Å². The third-order valence-corrected chi connectivity index (χ3v) is 4.69. The number of nitrogens with zero attached hydrogens (tertiary/aromatic N) is 2. The molecule has 21 heavy (non-hydrogen) atoms. The Morgan fingerprint density at radius 2 is 2.10 bits per heavy atom. The van der Waals surface area contributed by atoms with Crippen LogP contribution in [0.4, 0.5) is 0 Å². The molecule has 2 heterocycles. The summed E-state index contributed by atoms with van der Waals surface area (Å²) in [6.07, 6.45) is 3.71. The van der Waals surface area contributed by atoms with E-state index in [9.17, 15) is 0 Å². The highest BCUT2D eigenvalue weighted by Gasteiger charge is 2.24. The van der Waals surface area contributed by atoms with Gasteiger partial charge in [-0.15, -0.1) is 0 Å². The van der Waals surface area contributed by atoms with Gasteiger partial charge in [0.2, 0.25) is 0 Å². The van der Waals surface area contributed by atoms with Crippen LogP contribution in [-0.4, -0.2) is 29.5 Å². The average molecular weight is 367 g/mol. The molecule has 0 saturated carbocycles. The molecule has 1 N–H and O–H groups in total. The second-order valence-electron chi connectivity index (χ2n) is 5.21. The molecular weight excluding hydrogens is 350 g/mol. The molecule has 0 bridgehead atoms. The number of halogens is 2. The van der Waals surface area contributed by atoms with Gasteiger partial charge in [-0.1, -0.05) is 27.5 Å². The summed E-state index contributed by atoms with van der Waals surface area (Å²) in [5.74, 6) is 0.